The zero-order chi connectivity index (χ0) is 15.9. The zero-order valence-corrected chi connectivity index (χ0v) is 12.4. The Morgan fingerprint density at radius 3 is 3.09 bits per heavy atom. The number of nitrogens with zero attached hydrogens (tertiary/aromatic N) is 3. The van der Waals surface area contributed by atoms with Crippen LogP contribution in [0, 0.1) is 0 Å². The van der Waals surface area contributed by atoms with Gasteiger partial charge in [0.1, 0.15) is 5.52 Å². The van der Waals surface area contributed by atoms with Crippen LogP contribution in [-0.4, -0.2) is 64.0 Å². The number of aromatic amines is 2. The van der Waals surface area contributed by atoms with E-state index in [0.717, 1.165) is 4.90 Å². The Labute approximate surface area is 129 Å². The van der Waals surface area contributed by atoms with Gasteiger partial charge in [0.15, 0.2) is 11.9 Å². The highest BCUT2D eigenvalue weighted by Crippen LogP contribution is 2.32. The standard InChI is InChI=1S/C12H14ClN5O4/c1-17(12(20)21)7-5-18(2-3-22-7)9-6(13)4-14-10-8(9)15-11(19)16-10/h4,7H,2-3,5H2,1H3,(H,20,21)(H2,14,15,16,19). The Hall–Kier alpha value is -2.26. The summed E-state index contributed by atoms with van der Waals surface area (Å²) in [5, 5.41) is 9.44. The molecule has 1 aliphatic heterocycles. The number of nitrogens with one attached hydrogen (secondary N) is 2. The summed E-state index contributed by atoms with van der Waals surface area (Å²) in [7, 11) is 1.44. The van der Waals surface area contributed by atoms with Crippen molar-refractivity contribution in [3.8, 4) is 0 Å². The van der Waals surface area contributed by atoms with E-state index >= 15 is 0 Å². The van der Waals surface area contributed by atoms with Crippen molar-refractivity contribution in [2.24, 2.45) is 0 Å². The topological polar surface area (TPSA) is 115 Å². The maximum absolute atomic E-state index is 11.5. The smallest absolute Gasteiger partial charge is 0.409 e. The number of ether oxygens (including phenoxy) is 1. The van der Waals surface area contributed by atoms with Crippen LogP contribution >= 0.6 is 11.6 Å². The average molecular weight is 328 g/mol. The van der Waals surface area contributed by atoms with Gasteiger partial charge in [0.25, 0.3) is 0 Å². The number of likely N-dealkylation sites (N-methyl/N-ethyl adjacent to an activating group) is 1. The van der Waals surface area contributed by atoms with Crippen molar-refractivity contribution in [2.75, 3.05) is 31.6 Å². The molecular weight excluding hydrogens is 314 g/mol. The maximum atomic E-state index is 11.5. The monoisotopic (exact) mass is 327 g/mol. The number of pyridine rings is 1. The number of hydrogen-bond donors (Lipinski definition) is 3. The van der Waals surface area contributed by atoms with E-state index in [1.54, 1.807) is 0 Å². The van der Waals surface area contributed by atoms with Gasteiger partial charge in [-0.2, -0.15) is 0 Å². The highest BCUT2D eigenvalue weighted by atomic mass is 35.5. The molecule has 9 nitrogen and oxygen atoms in total. The molecule has 0 spiro atoms. The number of amides is 1. The van der Waals surface area contributed by atoms with E-state index in [1.807, 2.05) is 4.90 Å². The average Bonchev–Trinajstić information content (AvgIpc) is 2.86. The molecular formula is C12H14ClN5O4. The molecule has 2 aromatic heterocycles. The number of anilines is 1. The molecule has 3 rings (SSSR count). The summed E-state index contributed by atoms with van der Waals surface area (Å²) in [5.74, 6) is 0. The first-order valence-corrected chi connectivity index (χ1v) is 6.94. The lowest BCUT2D eigenvalue weighted by Gasteiger charge is -2.37. The molecule has 0 bridgehead atoms. The van der Waals surface area contributed by atoms with E-state index < -0.39 is 12.3 Å². The molecule has 0 radical (unpaired) electrons. The van der Waals surface area contributed by atoms with Gasteiger partial charge in [-0.25, -0.2) is 14.6 Å². The molecule has 3 N–H and O–H groups in total. The number of morpholine rings is 1. The Kier molecular flexibility index (Phi) is 3.67. The number of aromatic nitrogens is 3. The lowest BCUT2D eigenvalue weighted by Crippen LogP contribution is -2.51. The van der Waals surface area contributed by atoms with Gasteiger partial charge >= 0.3 is 11.8 Å². The summed E-state index contributed by atoms with van der Waals surface area (Å²) in [6, 6.07) is 0. The van der Waals surface area contributed by atoms with Gasteiger partial charge in [0.05, 0.1) is 30.1 Å². The lowest BCUT2D eigenvalue weighted by atomic mass is 10.2. The number of halogens is 1. The third kappa shape index (κ3) is 2.48. The van der Waals surface area contributed by atoms with Crippen molar-refractivity contribution >= 4 is 34.5 Å². The molecule has 1 aliphatic rings. The van der Waals surface area contributed by atoms with Gasteiger partial charge in [-0.05, 0) is 0 Å². The summed E-state index contributed by atoms with van der Waals surface area (Å²) in [4.78, 5) is 34.8. The molecule has 1 fully saturated rings. The van der Waals surface area contributed by atoms with Crippen molar-refractivity contribution in [3.63, 3.8) is 0 Å². The molecule has 10 heteroatoms. The van der Waals surface area contributed by atoms with Gasteiger partial charge in [-0.15, -0.1) is 0 Å². The third-order valence-electron chi connectivity index (χ3n) is 3.58. The predicted molar refractivity (Wildman–Crippen MR) is 79.5 cm³/mol. The molecule has 118 valence electrons. The Bertz CT molecular complexity index is 772. The van der Waals surface area contributed by atoms with Crippen molar-refractivity contribution in [3.05, 3.63) is 21.7 Å². The van der Waals surface area contributed by atoms with Gasteiger partial charge in [0, 0.05) is 13.6 Å². The lowest BCUT2D eigenvalue weighted by molar-refractivity contribution is -0.0445. The van der Waals surface area contributed by atoms with E-state index in [9.17, 15) is 9.59 Å². The summed E-state index contributed by atoms with van der Waals surface area (Å²) in [6.07, 6.45) is -0.238. The number of H-pyrrole nitrogens is 2. The SMILES string of the molecule is CN(C(=O)O)C1CN(c2c(Cl)cnc3[nH]c(=O)[nH]c23)CCO1. The molecule has 0 aromatic carbocycles. The fourth-order valence-corrected chi connectivity index (χ4v) is 2.71. The van der Waals surface area contributed by atoms with E-state index in [1.165, 1.54) is 13.2 Å². The van der Waals surface area contributed by atoms with Gasteiger partial charge in [0.2, 0.25) is 0 Å². The molecule has 22 heavy (non-hydrogen) atoms. The number of hydrogen-bond acceptors (Lipinski definition) is 5. The second kappa shape index (κ2) is 5.50. The molecule has 1 atom stereocenters. The van der Waals surface area contributed by atoms with Crippen LogP contribution in [0.15, 0.2) is 11.0 Å². The van der Waals surface area contributed by atoms with Gasteiger partial charge in [-0.1, -0.05) is 11.6 Å². The Morgan fingerprint density at radius 2 is 2.36 bits per heavy atom. The first-order chi connectivity index (χ1) is 10.5. The molecule has 1 saturated heterocycles. The van der Waals surface area contributed by atoms with Crippen molar-refractivity contribution in [1.82, 2.24) is 19.9 Å². The number of imidazole rings is 1. The number of carbonyl (C=O) groups is 1. The Morgan fingerprint density at radius 1 is 1.59 bits per heavy atom. The third-order valence-corrected chi connectivity index (χ3v) is 3.85. The maximum Gasteiger partial charge on any atom is 0.409 e. The van der Waals surface area contributed by atoms with Crippen LogP contribution in [0.3, 0.4) is 0 Å². The van der Waals surface area contributed by atoms with E-state index in [2.05, 4.69) is 15.0 Å². The molecule has 0 saturated carbocycles. The summed E-state index contributed by atoms with van der Waals surface area (Å²) < 4.78 is 5.47. The van der Waals surface area contributed by atoms with Crippen molar-refractivity contribution in [2.45, 2.75) is 6.23 Å². The van der Waals surface area contributed by atoms with Gasteiger partial charge in [-0.3, -0.25) is 9.88 Å². The molecule has 1 unspecified atom stereocenters. The molecule has 1 amide bonds. The van der Waals surface area contributed by atoms with Crippen molar-refractivity contribution in [1.29, 1.82) is 0 Å². The first kappa shape index (κ1) is 14.7. The van der Waals surface area contributed by atoms with Crippen LogP contribution in [0.5, 0.6) is 0 Å². The largest absolute Gasteiger partial charge is 0.465 e. The fourth-order valence-electron chi connectivity index (χ4n) is 2.45. The molecule has 0 aliphatic carbocycles. The fraction of sp³-hybridized carbons (Fsp3) is 0.417. The van der Waals surface area contributed by atoms with Crippen molar-refractivity contribution < 1.29 is 14.6 Å². The van der Waals surface area contributed by atoms with Crippen LogP contribution in [0.4, 0.5) is 10.5 Å². The van der Waals surface area contributed by atoms with E-state index in [0.29, 0.717) is 41.6 Å². The Balaban J connectivity index is 1.98. The minimum atomic E-state index is -1.08. The van der Waals surface area contributed by atoms with Crippen LogP contribution < -0.4 is 10.6 Å². The number of fused-ring (bicyclic) bond motifs is 1. The van der Waals surface area contributed by atoms with Gasteiger partial charge < -0.3 is 19.7 Å². The van der Waals surface area contributed by atoms with Crippen LogP contribution in [0.1, 0.15) is 0 Å². The minimum Gasteiger partial charge on any atom is -0.465 e. The highest BCUT2D eigenvalue weighted by molar-refractivity contribution is 6.34. The quantitative estimate of drug-likeness (QED) is 0.747. The zero-order valence-electron chi connectivity index (χ0n) is 11.7. The second-order valence-corrected chi connectivity index (χ2v) is 5.33. The first-order valence-electron chi connectivity index (χ1n) is 6.56. The summed E-state index contributed by atoms with van der Waals surface area (Å²) >= 11 is 6.22. The minimum absolute atomic E-state index is 0.300. The molecule has 3 heterocycles. The normalized spacial score (nSPS) is 18.6. The molecule has 2 aromatic rings. The predicted octanol–water partition coefficient (Wildman–Crippen LogP) is 0.677. The van der Waals surface area contributed by atoms with Crippen LogP contribution in [-0.2, 0) is 4.74 Å². The van der Waals surface area contributed by atoms with Crippen LogP contribution in [0.25, 0.3) is 11.2 Å². The van der Waals surface area contributed by atoms with Crippen LogP contribution in [0.2, 0.25) is 5.02 Å². The highest BCUT2D eigenvalue weighted by Gasteiger charge is 2.29. The second-order valence-electron chi connectivity index (χ2n) is 4.92. The number of rotatable bonds is 2. The van der Waals surface area contributed by atoms with E-state index in [4.69, 9.17) is 21.4 Å². The summed E-state index contributed by atoms with van der Waals surface area (Å²) in [6.45, 7) is 1.17. The number of carboxylic acid groups (broad SMARTS) is 1. The summed E-state index contributed by atoms with van der Waals surface area (Å²) in [5.41, 5.74) is 1.13. The van der Waals surface area contributed by atoms with E-state index in [-0.39, 0.29) is 5.69 Å².